The summed E-state index contributed by atoms with van der Waals surface area (Å²) in [6, 6.07) is 9.41. The lowest BCUT2D eigenvalue weighted by atomic mass is 9.94. The number of benzene rings is 1. The van der Waals surface area contributed by atoms with Gasteiger partial charge in [-0.25, -0.2) is 4.98 Å². The first-order chi connectivity index (χ1) is 12.7. The van der Waals surface area contributed by atoms with Crippen LogP contribution in [0.4, 0.5) is 5.13 Å². The zero-order valence-corrected chi connectivity index (χ0v) is 15.9. The summed E-state index contributed by atoms with van der Waals surface area (Å²) in [5.41, 5.74) is 1.31. The second-order valence-electron chi connectivity index (χ2n) is 6.61. The molecule has 2 amide bonds. The van der Waals surface area contributed by atoms with E-state index >= 15 is 0 Å². The number of carbonyl (C=O) groups is 2. The third-order valence-corrected chi connectivity index (χ3v) is 5.62. The summed E-state index contributed by atoms with van der Waals surface area (Å²) in [5.74, 6) is -0.0548. The standard InChI is InChI=1S/C20H25N3O2S/c1-2-23(17-11-7-4-8-12-17)18(24)13-16-14-26-20(21-16)22-19(25)15-9-5-3-6-10-15/h3,5-6,9-10,14,17H,2,4,7-8,11-13H2,1H3,(H,21,22,25). The predicted octanol–water partition coefficient (Wildman–Crippen LogP) is 4.12. The molecule has 1 aromatic heterocycles. The van der Waals surface area contributed by atoms with Crippen molar-refractivity contribution in [3.05, 3.63) is 47.0 Å². The smallest absolute Gasteiger partial charge is 0.257 e. The Kier molecular flexibility index (Phi) is 6.39. The summed E-state index contributed by atoms with van der Waals surface area (Å²) in [5, 5.41) is 5.19. The van der Waals surface area contributed by atoms with Crippen molar-refractivity contribution < 1.29 is 9.59 Å². The average molecular weight is 372 g/mol. The Hall–Kier alpha value is -2.21. The molecule has 1 aliphatic rings. The van der Waals surface area contributed by atoms with Crippen LogP contribution in [0.1, 0.15) is 55.1 Å². The van der Waals surface area contributed by atoms with E-state index in [9.17, 15) is 9.59 Å². The van der Waals surface area contributed by atoms with E-state index in [0.717, 1.165) is 25.1 Å². The second-order valence-corrected chi connectivity index (χ2v) is 7.47. The second kappa shape index (κ2) is 8.94. The molecule has 138 valence electrons. The predicted molar refractivity (Wildman–Crippen MR) is 104 cm³/mol. The summed E-state index contributed by atoms with van der Waals surface area (Å²) in [6.07, 6.45) is 6.20. The molecule has 0 unspecified atom stereocenters. The maximum Gasteiger partial charge on any atom is 0.257 e. The van der Waals surface area contributed by atoms with E-state index in [4.69, 9.17) is 0 Å². The van der Waals surface area contributed by atoms with Crippen LogP contribution >= 0.6 is 11.3 Å². The summed E-state index contributed by atoms with van der Waals surface area (Å²) < 4.78 is 0. The van der Waals surface area contributed by atoms with Crippen LogP contribution in [-0.2, 0) is 11.2 Å². The minimum Gasteiger partial charge on any atom is -0.340 e. The lowest BCUT2D eigenvalue weighted by Crippen LogP contribution is -2.42. The van der Waals surface area contributed by atoms with Crippen LogP contribution in [0.3, 0.4) is 0 Å². The van der Waals surface area contributed by atoms with Gasteiger partial charge < -0.3 is 4.90 Å². The zero-order chi connectivity index (χ0) is 18.4. The molecule has 3 rings (SSSR count). The van der Waals surface area contributed by atoms with Gasteiger partial charge >= 0.3 is 0 Å². The highest BCUT2D eigenvalue weighted by Gasteiger charge is 2.24. The number of likely N-dealkylation sites (N-methyl/N-ethyl adjacent to an activating group) is 1. The van der Waals surface area contributed by atoms with Gasteiger partial charge in [0.25, 0.3) is 5.91 Å². The average Bonchev–Trinajstić information content (AvgIpc) is 3.10. The van der Waals surface area contributed by atoms with Crippen LogP contribution in [0, 0.1) is 0 Å². The molecular weight excluding hydrogens is 346 g/mol. The Labute approximate surface area is 158 Å². The van der Waals surface area contributed by atoms with Crippen molar-refractivity contribution in [3.63, 3.8) is 0 Å². The Morgan fingerprint density at radius 3 is 2.62 bits per heavy atom. The molecule has 0 spiro atoms. The van der Waals surface area contributed by atoms with E-state index in [1.807, 2.05) is 35.4 Å². The van der Waals surface area contributed by atoms with Crippen LogP contribution in [-0.4, -0.2) is 34.3 Å². The molecule has 26 heavy (non-hydrogen) atoms. The monoisotopic (exact) mass is 371 g/mol. The van der Waals surface area contributed by atoms with Crippen molar-refractivity contribution in [2.45, 2.75) is 51.5 Å². The number of hydrogen-bond donors (Lipinski definition) is 1. The lowest BCUT2D eigenvalue weighted by Gasteiger charge is -2.33. The number of aromatic nitrogens is 1. The number of hydrogen-bond acceptors (Lipinski definition) is 4. The third kappa shape index (κ3) is 4.69. The molecule has 0 saturated heterocycles. The molecule has 1 saturated carbocycles. The number of rotatable bonds is 6. The number of nitrogens with one attached hydrogen (secondary N) is 1. The molecule has 0 atom stereocenters. The molecule has 5 nitrogen and oxygen atoms in total. The summed E-state index contributed by atoms with van der Waals surface area (Å²) in [7, 11) is 0. The van der Waals surface area contributed by atoms with Crippen molar-refractivity contribution in [2.75, 3.05) is 11.9 Å². The van der Waals surface area contributed by atoms with Gasteiger partial charge in [-0.05, 0) is 31.9 Å². The summed E-state index contributed by atoms with van der Waals surface area (Å²) >= 11 is 1.36. The van der Waals surface area contributed by atoms with E-state index in [1.54, 1.807) is 12.1 Å². The quantitative estimate of drug-likeness (QED) is 0.831. The fraction of sp³-hybridized carbons (Fsp3) is 0.450. The Morgan fingerprint density at radius 2 is 1.92 bits per heavy atom. The van der Waals surface area contributed by atoms with Crippen LogP contribution in [0.25, 0.3) is 0 Å². The van der Waals surface area contributed by atoms with Crippen LogP contribution in [0.2, 0.25) is 0 Å². The Bertz CT molecular complexity index is 739. The van der Waals surface area contributed by atoms with Gasteiger partial charge in [-0.1, -0.05) is 37.5 Å². The number of thiazole rings is 1. The van der Waals surface area contributed by atoms with Gasteiger partial charge in [0.1, 0.15) is 0 Å². The van der Waals surface area contributed by atoms with Gasteiger partial charge in [-0.2, -0.15) is 0 Å². The molecule has 1 N–H and O–H groups in total. The molecule has 1 heterocycles. The minimum atomic E-state index is -0.185. The molecule has 0 bridgehead atoms. The van der Waals surface area contributed by atoms with Gasteiger partial charge in [-0.15, -0.1) is 11.3 Å². The zero-order valence-electron chi connectivity index (χ0n) is 15.1. The first kappa shape index (κ1) is 18.6. The van der Waals surface area contributed by atoms with Crippen molar-refractivity contribution in [2.24, 2.45) is 0 Å². The SMILES string of the molecule is CCN(C(=O)Cc1csc(NC(=O)c2ccccc2)n1)C1CCCCC1. The van der Waals surface area contributed by atoms with E-state index in [2.05, 4.69) is 10.3 Å². The Morgan fingerprint density at radius 1 is 1.19 bits per heavy atom. The molecule has 2 aromatic rings. The van der Waals surface area contributed by atoms with E-state index < -0.39 is 0 Å². The summed E-state index contributed by atoms with van der Waals surface area (Å²) in [6.45, 7) is 2.78. The maximum absolute atomic E-state index is 12.7. The summed E-state index contributed by atoms with van der Waals surface area (Å²) in [4.78, 5) is 31.3. The fourth-order valence-electron chi connectivity index (χ4n) is 3.49. The molecule has 6 heteroatoms. The topological polar surface area (TPSA) is 62.3 Å². The van der Waals surface area contributed by atoms with E-state index in [0.29, 0.717) is 23.2 Å². The normalized spacial score (nSPS) is 14.8. The van der Waals surface area contributed by atoms with Crippen molar-refractivity contribution in [3.8, 4) is 0 Å². The van der Waals surface area contributed by atoms with Gasteiger partial charge in [0, 0.05) is 23.5 Å². The van der Waals surface area contributed by atoms with Gasteiger partial charge in [-0.3, -0.25) is 14.9 Å². The number of amides is 2. The van der Waals surface area contributed by atoms with E-state index in [1.165, 1.54) is 30.6 Å². The number of nitrogens with zero attached hydrogens (tertiary/aromatic N) is 2. The first-order valence-corrected chi connectivity index (χ1v) is 10.2. The van der Waals surface area contributed by atoms with Crippen LogP contribution in [0.5, 0.6) is 0 Å². The number of anilines is 1. The number of carbonyl (C=O) groups excluding carboxylic acids is 2. The minimum absolute atomic E-state index is 0.130. The highest BCUT2D eigenvalue weighted by Crippen LogP contribution is 2.24. The van der Waals surface area contributed by atoms with Crippen molar-refractivity contribution in [1.82, 2.24) is 9.88 Å². The fourth-order valence-corrected chi connectivity index (χ4v) is 4.20. The van der Waals surface area contributed by atoms with Crippen molar-refractivity contribution in [1.29, 1.82) is 0 Å². The van der Waals surface area contributed by atoms with Crippen molar-refractivity contribution >= 4 is 28.3 Å². The van der Waals surface area contributed by atoms with Crippen LogP contribution in [0.15, 0.2) is 35.7 Å². The Balaban J connectivity index is 1.58. The molecule has 1 aliphatic carbocycles. The molecule has 1 fully saturated rings. The molecule has 1 aromatic carbocycles. The molecule has 0 aliphatic heterocycles. The lowest BCUT2D eigenvalue weighted by molar-refractivity contribution is -0.133. The van der Waals surface area contributed by atoms with Gasteiger partial charge in [0.2, 0.25) is 5.91 Å². The highest BCUT2D eigenvalue weighted by molar-refractivity contribution is 7.14. The van der Waals surface area contributed by atoms with Crippen LogP contribution < -0.4 is 5.32 Å². The van der Waals surface area contributed by atoms with Gasteiger partial charge in [0.05, 0.1) is 12.1 Å². The molecule has 0 radical (unpaired) electrons. The molecular formula is C20H25N3O2S. The first-order valence-electron chi connectivity index (χ1n) is 9.27. The maximum atomic E-state index is 12.7. The van der Waals surface area contributed by atoms with Gasteiger partial charge in [0.15, 0.2) is 5.13 Å². The largest absolute Gasteiger partial charge is 0.340 e. The third-order valence-electron chi connectivity index (χ3n) is 4.82. The highest BCUT2D eigenvalue weighted by atomic mass is 32.1. The van der Waals surface area contributed by atoms with E-state index in [-0.39, 0.29) is 11.8 Å².